The lowest BCUT2D eigenvalue weighted by Gasteiger charge is -2.18. The standard InChI is InChI=1S/C14H22BrClN2O/c1-3-18(4-2)9-7-17-8-10-19-14-11-12(15)5-6-13(14)16/h5-6,11,17H,3-4,7-10H2,1-2H3. The van der Waals surface area contributed by atoms with E-state index < -0.39 is 0 Å². The molecule has 1 N–H and O–H groups in total. The van der Waals surface area contributed by atoms with Crippen molar-refractivity contribution in [3.8, 4) is 5.75 Å². The van der Waals surface area contributed by atoms with E-state index >= 15 is 0 Å². The monoisotopic (exact) mass is 348 g/mol. The average molecular weight is 350 g/mol. The molecule has 0 amide bonds. The smallest absolute Gasteiger partial charge is 0.139 e. The number of benzene rings is 1. The lowest BCUT2D eigenvalue weighted by atomic mass is 10.3. The second-order valence-electron chi connectivity index (χ2n) is 4.20. The lowest BCUT2D eigenvalue weighted by molar-refractivity contribution is 0.285. The average Bonchev–Trinajstić information content (AvgIpc) is 2.42. The Labute approximate surface area is 129 Å². The number of halogens is 2. The van der Waals surface area contributed by atoms with E-state index in [1.807, 2.05) is 18.2 Å². The Morgan fingerprint density at radius 1 is 1.26 bits per heavy atom. The molecule has 108 valence electrons. The van der Waals surface area contributed by atoms with Crippen LogP contribution in [0.1, 0.15) is 13.8 Å². The van der Waals surface area contributed by atoms with Crippen LogP contribution in [0.4, 0.5) is 0 Å². The Balaban J connectivity index is 2.15. The Kier molecular flexibility index (Phi) is 8.46. The van der Waals surface area contributed by atoms with Gasteiger partial charge in [0.15, 0.2) is 0 Å². The maximum atomic E-state index is 6.04. The quantitative estimate of drug-likeness (QED) is 0.691. The van der Waals surface area contributed by atoms with Gasteiger partial charge >= 0.3 is 0 Å². The maximum absolute atomic E-state index is 6.04. The van der Waals surface area contributed by atoms with Gasteiger partial charge < -0.3 is 15.0 Å². The highest BCUT2D eigenvalue weighted by Gasteiger charge is 2.02. The third-order valence-corrected chi connectivity index (χ3v) is 3.73. The van der Waals surface area contributed by atoms with Gasteiger partial charge in [-0.15, -0.1) is 0 Å². The predicted molar refractivity (Wildman–Crippen MR) is 85.3 cm³/mol. The number of nitrogens with one attached hydrogen (secondary N) is 1. The zero-order chi connectivity index (χ0) is 14.1. The molecular weight excluding hydrogens is 328 g/mol. The van der Waals surface area contributed by atoms with E-state index in [2.05, 4.69) is 40.0 Å². The number of nitrogens with zero attached hydrogens (tertiary/aromatic N) is 1. The van der Waals surface area contributed by atoms with Gasteiger partial charge in [-0.3, -0.25) is 0 Å². The van der Waals surface area contributed by atoms with Crippen LogP contribution in [-0.4, -0.2) is 44.2 Å². The van der Waals surface area contributed by atoms with Gasteiger partial charge in [-0.1, -0.05) is 41.4 Å². The van der Waals surface area contributed by atoms with Crippen molar-refractivity contribution < 1.29 is 4.74 Å². The molecule has 0 atom stereocenters. The summed E-state index contributed by atoms with van der Waals surface area (Å²) in [5, 5.41) is 4.01. The van der Waals surface area contributed by atoms with Gasteiger partial charge in [0.25, 0.3) is 0 Å². The summed E-state index contributed by atoms with van der Waals surface area (Å²) in [5.74, 6) is 0.724. The molecule has 0 fully saturated rings. The number of likely N-dealkylation sites (N-methyl/N-ethyl adjacent to an activating group) is 1. The van der Waals surface area contributed by atoms with E-state index in [4.69, 9.17) is 16.3 Å². The molecule has 0 saturated heterocycles. The summed E-state index contributed by atoms with van der Waals surface area (Å²) in [5.41, 5.74) is 0. The van der Waals surface area contributed by atoms with E-state index in [1.165, 1.54) is 0 Å². The van der Waals surface area contributed by atoms with Crippen LogP contribution >= 0.6 is 27.5 Å². The van der Waals surface area contributed by atoms with Crippen molar-refractivity contribution >= 4 is 27.5 Å². The fourth-order valence-electron chi connectivity index (χ4n) is 1.72. The minimum Gasteiger partial charge on any atom is -0.491 e. The Hall–Kier alpha value is -0.290. The topological polar surface area (TPSA) is 24.5 Å². The first-order valence-corrected chi connectivity index (χ1v) is 7.85. The van der Waals surface area contributed by atoms with Gasteiger partial charge in [0.1, 0.15) is 12.4 Å². The van der Waals surface area contributed by atoms with Crippen LogP contribution in [-0.2, 0) is 0 Å². The van der Waals surface area contributed by atoms with Gasteiger partial charge in [0.05, 0.1) is 5.02 Å². The number of ether oxygens (including phenoxy) is 1. The Morgan fingerprint density at radius 2 is 2.00 bits per heavy atom. The molecule has 0 spiro atoms. The maximum Gasteiger partial charge on any atom is 0.139 e. The molecule has 0 aliphatic rings. The Morgan fingerprint density at radius 3 is 2.68 bits per heavy atom. The van der Waals surface area contributed by atoms with E-state index in [9.17, 15) is 0 Å². The molecule has 0 bridgehead atoms. The molecule has 0 aliphatic carbocycles. The molecule has 0 aromatic heterocycles. The van der Waals surface area contributed by atoms with Gasteiger partial charge in [-0.05, 0) is 31.3 Å². The van der Waals surface area contributed by atoms with Gasteiger partial charge in [-0.25, -0.2) is 0 Å². The van der Waals surface area contributed by atoms with Crippen LogP contribution in [0, 0.1) is 0 Å². The summed E-state index contributed by atoms with van der Waals surface area (Å²) in [4.78, 5) is 2.39. The molecule has 5 heteroatoms. The van der Waals surface area contributed by atoms with Crippen molar-refractivity contribution in [1.29, 1.82) is 0 Å². The number of hydrogen-bond acceptors (Lipinski definition) is 3. The van der Waals surface area contributed by atoms with Gasteiger partial charge in [0, 0.05) is 24.1 Å². The summed E-state index contributed by atoms with van der Waals surface area (Å²) in [7, 11) is 0. The number of hydrogen-bond donors (Lipinski definition) is 1. The molecule has 0 radical (unpaired) electrons. The summed E-state index contributed by atoms with van der Waals surface area (Å²) in [6.45, 7) is 10.1. The highest BCUT2D eigenvalue weighted by atomic mass is 79.9. The zero-order valence-corrected chi connectivity index (χ0v) is 13.9. The molecule has 19 heavy (non-hydrogen) atoms. The van der Waals surface area contributed by atoms with Crippen molar-refractivity contribution in [2.45, 2.75) is 13.8 Å². The minimum atomic E-state index is 0.619. The number of rotatable bonds is 9. The molecule has 1 aromatic rings. The zero-order valence-electron chi connectivity index (χ0n) is 11.6. The summed E-state index contributed by atoms with van der Waals surface area (Å²) in [6.07, 6.45) is 0. The van der Waals surface area contributed by atoms with Gasteiger partial charge in [-0.2, -0.15) is 0 Å². The summed E-state index contributed by atoms with van der Waals surface area (Å²) < 4.78 is 6.61. The Bertz CT molecular complexity index is 372. The van der Waals surface area contributed by atoms with Crippen LogP contribution in [0.25, 0.3) is 0 Å². The summed E-state index contributed by atoms with van der Waals surface area (Å²) >= 11 is 9.44. The second-order valence-corrected chi connectivity index (χ2v) is 5.52. The highest BCUT2D eigenvalue weighted by molar-refractivity contribution is 9.10. The van der Waals surface area contributed by atoms with Crippen LogP contribution in [0.5, 0.6) is 5.75 Å². The molecule has 1 rings (SSSR count). The summed E-state index contributed by atoms with van der Waals surface area (Å²) in [6, 6.07) is 5.62. The molecule has 0 aliphatic heterocycles. The van der Waals surface area contributed by atoms with Crippen molar-refractivity contribution in [2.24, 2.45) is 0 Å². The van der Waals surface area contributed by atoms with E-state index in [0.29, 0.717) is 11.6 Å². The van der Waals surface area contributed by atoms with Crippen LogP contribution in [0.3, 0.4) is 0 Å². The SMILES string of the molecule is CCN(CC)CCNCCOc1cc(Br)ccc1Cl. The normalized spacial score (nSPS) is 11.0. The highest BCUT2D eigenvalue weighted by Crippen LogP contribution is 2.27. The fraction of sp³-hybridized carbons (Fsp3) is 0.571. The van der Waals surface area contributed by atoms with Crippen LogP contribution < -0.4 is 10.1 Å². The third-order valence-electron chi connectivity index (χ3n) is 2.93. The first kappa shape index (κ1) is 16.8. The molecule has 0 unspecified atom stereocenters. The lowest BCUT2D eigenvalue weighted by Crippen LogP contribution is -2.33. The fourth-order valence-corrected chi connectivity index (χ4v) is 2.24. The largest absolute Gasteiger partial charge is 0.491 e. The van der Waals surface area contributed by atoms with Crippen molar-refractivity contribution in [1.82, 2.24) is 10.2 Å². The molecule has 1 aromatic carbocycles. The van der Waals surface area contributed by atoms with Crippen LogP contribution in [0.15, 0.2) is 22.7 Å². The van der Waals surface area contributed by atoms with E-state index in [-0.39, 0.29) is 0 Å². The second kappa shape index (κ2) is 9.59. The van der Waals surface area contributed by atoms with Crippen LogP contribution in [0.2, 0.25) is 5.02 Å². The van der Waals surface area contributed by atoms with E-state index in [1.54, 1.807) is 0 Å². The van der Waals surface area contributed by atoms with Crippen molar-refractivity contribution in [3.05, 3.63) is 27.7 Å². The first-order chi connectivity index (χ1) is 9.17. The van der Waals surface area contributed by atoms with Crippen molar-refractivity contribution in [3.63, 3.8) is 0 Å². The predicted octanol–water partition coefficient (Wildman–Crippen LogP) is 3.41. The molecule has 0 saturated carbocycles. The molecular formula is C14H22BrClN2O. The van der Waals surface area contributed by atoms with E-state index in [0.717, 1.165) is 42.9 Å². The minimum absolute atomic E-state index is 0.619. The van der Waals surface area contributed by atoms with Crippen molar-refractivity contribution in [2.75, 3.05) is 39.3 Å². The third kappa shape index (κ3) is 6.61. The van der Waals surface area contributed by atoms with Gasteiger partial charge in [0.2, 0.25) is 0 Å². The molecule has 0 heterocycles. The first-order valence-electron chi connectivity index (χ1n) is 6.68. The molecule has 3 nitrogen and oxygen atoms in total.